The number of carboxylic acids is 1. The van der Waals surface area contributed by atoms with Gasteiger partial charge in [0.05, 0.1) is 5.92 Å². The average Bonchev–Trinajstić information content (AvgIpc) is 2.98. The van der Waals surface area contributed by atoms with Crippen molar-refractivity contribution in [1.29, 1.82) is 0 Å². The van der Waals surface area contributed by atoms with Crippen molar-refractivity contribution in [2.45, 2.75) is 19.4 Å². The molecule has 1 aliphatic rings. The molecule has 0 fully saturated rings. The predicted octanol–water partition coefficient (Wildman–Crippen LogP) is 0.874. The molecule has 2 aromatic heterocycles. The van der Waals surface area contributed by atoms with E-state index in [1.165, 1.54) is 0 Å². The normalized spacial score (nSPS) is 21.9. The lowest BCUT2D eigenvalue weighted by Gasteiger charge is -2.12. The van der Waals surface area contributed by atoms with Gasteiger partial charge < -0.3 is 10.4 Å². The van der Waals surface area contributed by atoms with Crippen molar-refractivity contribution in [3.8, 4) is 0 Å². The molecule has 0 bridgehead atoms. The molecule has 0 saturated carbocycles. The van der Waals surface area contributed by atoms with Crippen LogP contribution in [-0.4, -0.2) is 36.7 Å². The van der Waals surface area contributed by atoms with Crippen LogP contribution in [0, 0.1) is 12.8 Å². The highest BCUT2D eigenvalue weighted by molar-refractivity contribution is 5.73. The molecular formula is C12H13N5O2. The molecule has 2 aromatic rings. The molecule has 7 heteroatoms. The molecule has 1 aliphatic carbocycles. The zero-order chi connectivity index (χ0) is 13.4. The maximum Gasteiger partial charge on any atom is 0.310 e. The molecule has 0 radical (unpaired) electrons. The van der Waals surface area contributed by atoms with E-state index in [-0.39, 0.29) is 6.04 Å². The fourth-order valence-electron chi connectivity index (χ4n) is 2.21. The summed E-state index contributed by atoms with van der Waals surface area (Å²) < 4.78 is 1.84. The summed E-state index contributed by atoms with van der Waals surface area (Å²) >= 11 is 0. The van der Waals surface area contributed by atoms with Crippen molar-refractivity contribution in [2.75, 3.05) is 5.32 Å². The van der Waals surface area contributed by atoms with Crippen molar-refractivity contribution in [1.82, 2.24) is 19.6 Å². The molecule has 3 rings (SSSR count). The van der Waals surface area contributed by atoms with Crippen molar-refractivity contribution in [2.24, 2.45) is 5.92 Å². The van der Waals surface area contributed by atoms with Gasteiger partial charge in [0.15, 0.2) is 5.82 Å². The largest absolute Gasteiger partial charge is 0.481 e. The number of aryl methyl sites for hydroxylation is 1. The lowest BCUT2D eigenvalue weighted by molar-refractivity contribution is -0.140. The van der Waals surface area contributed by atoms with Gasteiger partial charge in [-0.3, -0.25) is 9.20 Å². The zero-order valence-electron chi connectivity index (χ0n) is 10.3. The highest BCUT2D eigenvalue weighted by Gasteiger charge is 2.25. The van der Waals surface area contributed by atoms with E-state index in [0.717, 1.165) is 5.82 Å². The Morgan fingerprint density at radius 2 is 2.32 bits per heavy atom. The second-order valence-electron chi connectivity index (χ2n) is 4.53. The summed E-state index contributed by atoms with van der Waals surface area (Å²) in [6.45, 7) is 1.86. The number of aliphatic carboxylic acids is 1. The number of rotatable bonds is 3. The van der Waals surface area contributed by atoms with Gasteiger partial charge in [-0.2, -0.15) is 0 Å². The molecule has 2 heterocycles. The minimum atomic E-state index is -0.801. The van der Waals surface area contributed by atoms with Crippen LogP contribution < -0.4 is 5.32 Å². The van der Waals surface area contributed by atoms with E-state index >= 15 is 0 Å². The lowest BCUT2D eigenvalue weighted by atomic mass is 10.1. The molecule has 0 amide bonds. The number of carbonyl (C=O) groups is 1. The topological polar surface area (TPSA) is 92.4 Å². The fraction of sp³-hybridized carbons (Fsp3) is 0.333. The summed E-state index contributed by atoms with van der Waals surface area (Å²) in [5.74, 6) is 0.163. The van der Waals surface area contributed by atoms with Crippen LogP contribution in [-0.2, 0) is 4.79 Å². The number of anilines is 1. The average molecular weight is 259 g/mol. The smallest absolute Gasteiger partial charge is 0.310 e. The van der Waals surface area contributed by atoms with Crippen molar-refractivity contribution < 1.29 is 9.90 Å². The SMILES string of the molecule is Cc1nnc2c(NC3C=CC(C(=O)O)C3)nccn12. The summed E-state index contributed by atoms with van der Waals surface area (Å²) in [5.41, 5.74) is 0.646. The Bertz CT molecular complexity index is 663. The van der Waals surface area contributed by atoms with Gasteiger partial charge in [-0.25, -0.2) is 4.98 Å². The highest BCUT2D eigenvalue weighted by atomic mass is 16.4. The molecular weight excluding hydrogens is 246 g/mol. The van der Waals surface area contributed by atoms with Crippen molar-refractivity contribution in [3.05, 3.63) is 30.4 Å². The summed E-state index contributed by atoms with van der Waals surface area (Å²) in [5, 5.41) is 20.2. The van der Waals surface area contributed by atoms with Crippen LogP contribution in [0.4, 0.5) is 5.82 Å². The molecule has 19 heavy (non-hydrogen) atoms. The van der Waals surface area contributed by atoms with E-state index in [1.807, 2.05) is 17.4 Å². The van der Waals surface area contributed by atoms with E-state index in [2.05, 4.69) is 20.5 Å². The van der Waals surface area contributed by atoms with E-state index in [9.17, 15) is 4.79 Å². The van der Waals surface area contributed by atoms with Crippen LogP contribution >= 0.6 is 0 Å². The lowest BCUT2D eigenvalue weighted by Crippen LogP contribution is -2.19. The summed E-state index contributed by atoms with van der Waals surface area (Å²) in [4.78, 5) is 15.1. The Hall–Kier alpha value is -2.44. The van der Waals surface area contributed by atoms with Gasteiger partial charge in [0.25, 0.3) is 0 Å². The Morgan fingerprint density at radius 1 is 1.47 bits per heavy atom. The number of hydrogen-bond donors (Lipinski definition) is 2. The monoisotopic (exact) mass is 259 g/mol. The van der Waals surface area contributed by atoms with Gasteiger partial charge in [0, 0.05) is 18.4 Å². The Labute approximate surface area is 109 Å². The van der Waals surface area contributed by atoms with Crippen molar-refractivity contribution in [3.63, 3.8) is 0 Å². The quantitative estimate of drug-likeness (QED) is 0.795. The van der Waals surface area contributed by atoms with Crippen LogP contribution in [0.5, 0.6) is 0 Å². The Morgan fingerprint density at radius 3 is 3.05 bits per heavy atom. The van der Waals surface area contributed by atoms with Gasteiger partial charge in [-0.15, -0.1) is 10.2 Å². The first-order valence-corrected chi connectivity index (χ1v) is 5.99. The molecule has 2 atom stereocenters. The van der Waals surface area contributed by atoms with E-state index in [1.54, 1.807) is 18.5 Å². The van der Waals surface area contributed by atoms with Crippen LogP contribution in [0.15, 0.2) is 24.5 Å². The molecule has 2 N–H and O–H groups in total. The second kappa shape index (κ2) is 4.34. The molecule has 0 aromatic carbocycles. The summed E-state index contributed by atoms with van der Waals surface area (Å²) in [7, 11) is 0. The van der Waals surface area contributed by atoms with E-state index < -0.39 is 11.9 Å². The number of fused-ring (bicyclic) bond motifs is 1. The van der Waals surface area contributed by atoms with Gasteiger partial charge in [0.2, 0.25) is 5.65 Å². The third-order valence-corrected chi connectivity index (χ3v) is 3.22. The molecule has 7 nitrogen and oxygen atoms in total. The van der Waals surface area contributed by atoms with Crippen LogP contribution in [0.3, 0.4) is 0 Å². The van der Waals surface area contributed by atoms with Crippen LogP contribution in [0.1, 0.15) is 12.2 Å². The van der Waals surface area contributed by atoms with Gasteiger partial charge in [-0.05, 0) is 13.3 Å². The minimum absolute atomic E-state index is 0.0446. The van der Waals surface area contributed by atoms with E-state index in [0.29, 0.717) is 17.9 Å². The fourth-order valence-corrected chi connectivity index (χ4v) is 2.21. The standard InChI is InChI=1S/C12H13N5O2/c1-7-15-16-11-10(13-4-5-17(7)11)14-9-3-2-8(6-9)12(18)19/h2-5,8-9H,6H2,1H3,(H,13,14)(H,18,19). The predicted molar refractivity (Wildman–Crippen MR) is 67.8 cm³/mol. The number of carboxylic acid groups (broad SMARTS) is 1. The Balaban J connectivity index is 1.83. The van der Waals surface area contributed by atoms with Gasteiger partial charge >= 0.3 is 5.97 Å². The number of nitrogens with zero attached hydrogens (tertiary/aromatic N) is 4. The van der Waals surface area contributed by atoms with Crippen LogP contribution in [0.2, 0.25) is 0 Å². The van der Waals surface area contributed by atoms with Gasteiger partial charge in [0.1, 0.15) is 5.82 Å². The minimum Gasteiger partial charge on any atom is -0.481 e. The van der Waals surface area contributed by atoms with Gasteiger partial charge in [-0.1, -0.05) is 12.2 Å². The molecule has 0 aliphatic heterocycles. The molecule has 0 saturated heterocycles. The second-order valence-corrected chi connectivity index (χ2v) is 4.53. The first kappa shape index (κ1) is 11.6. The highest BCUT2D eigenvalue weighted by Crippen LogP contribution is 2.22. The first-order valence-electron chi connectivity index (χ1n) is 5.99. The summed E-state index contributed by atoms with van der Waals surface area (Å²) in [6.07, 6.45) is 7.53. The van der Waals surface area contributed by atoms with Crippen LogP contribution in [0.25, 0.3) is 5.65 Å². The summed E-state index contributed by atoms with van der Waals surface area (Å²) in [6, 6.07) is -0.0446. The molecule has 98 valence electrons. The number of hydrogen-bond acceptors (Lipinski definition) is 5. The maximum absolute atomic E-state index is 10.9. The number of aromatic nitrogens is 4. The molecule has 0 spiro atoms. The third-order valence-electron chi connectivity index (χ3n) is 3.22. The van der Waals surface area contributed by atoms with E-state index in [4.69, 9.17) is 5.11 Å². The first-order chi connectivity index (χ1) is 9.15. The molecule has 2 unspecified atom stereocenters. The third kappa shape index (κ3) is 2.03. The number of nitrogens with one attached hydrogen (secondary N) is 1. The Kier molecular flexibility index (Phi) is 2.66. The van der Waals surface area contributed by atoms with Crippen molar-refractivity contribution >= 4 is 17.4 Å². The zero-order valence-corrected chi connectivity index (χ0v) is 10.3. The maximum atomic E-state index is 10.9.